The lowest BCUT2D eigenvalue weighted by Crippen LogP contribution is -2.12. The fraction of sp³-hybridized carbons (Fsp3) is 0.286. The van der Waals surface area contributed by atoms with Crippen LogP contribution in [0.15, 0.2) is 58.6 Å². The zero-order chi connectivity index (χ0) is 18.4. The molecule has 0 aliphatic heterocycles. The Bertz CT molecular complexity index is 746. The minimum atomic E-state index is -0.774. The molecule has 132 valence electrons. The molecule has 2 aromatic rings. The second-order valence-electron chi connectivity index (χ2n) is 6.29. The van der Waals surface area contributed by atoms with E-state index in [4.69, 9.17) is 9.84 Å². The molecule has 0 amide bonds. The molecule has 0 saturated heterocycles. The van der Waals surface area contributed by atoms with Gasteiger partial charge in [0.2, 0.25) is 0 Å². The molecule has 1 N–H and O–H groups in total. The average Bonchev–Trinajstić information content (AvgIpc) is 2.60. The Morgan fingerprint density at radius 3 is 2.24 bits per heavy atom. The Morgan fingerprint density at radius 1 is 1.08 bits per heavy atom. The number of allylic oxidation sites excluding steroid dienone is 1. The van der Waals surface area contributed by atoms with Crippen LogP contribution in [0.4, 0.5) is 0 Å². The van der Waals surface area contributed by atoms with Crippen molar-refractivity contribution in [2.45, 2.75) is 27.2 Å². The van der Waals surface area contributed by atoms with E-state index in [1.165, 1.54) is 16.7 Å². The van der Waals surface area contributed by atoms with Gasteiger partial charge in [-0.05, 0) is 66.8 Å². The number of ether oxygens (including phenoxy) is 1. The third kappa shape index (κ3) is 5.75. The fourth-order valence-electron chi connectivity index (χ4n) is 2.41. The number of hydrogen-bond donors (Lipinski definition) is 1. The minimum absolute atomic E-state index is 0.384. The van der Waals surface area contributed by atoms with Crippen molar-refractivity contribution in [3.8, 4) is 5.75 Å². The van der Waals surface area contributed by atoms with Crippen molar-refractivity contribution in [2.24, 2.45) is 5.92 Å². The zero-order valence-corrected chi connectivity index (χ0v) is 16.3. The maximum absolute atomic E-state index is 10.9. The third-order valence-electron chi connectivity index (χ3n) is 4.26. The molecule has 0 aromatic heterocycles. The largest absolute Gasteiger partial charge is 0.489 e. The first-order valence-electron chi connectivity index (χ1n) is 8.23. The maximum atomic E-state index is 10.9. The highest BCUT2D eigenvalue weighted by Crippen LogP contribution is 2.22. The quantitative estimate of drug-likeness (QED) is 0.656. The molecule has 2 rings (SSSR count). The van der Waals surface area contributed by atoms with E-state index in [-0.39, 0.29) is 5.92 Å². The molecule has 0 spiro atoms. The molecule has 25 heavy (non-hydrogen) atoms. The molecule has 0 heterocycles. The topological polar surface area (TPSA) is 46.5 Å². The van der Waals surface area contributed by atoms with Crippen LogP contribution < -0.4 is 4.74 Å². The first-order chi connectivity index (χ1) is 11.9. The van der Waals surface area contributed by atoms with Crippen LogP contribution in [0.5, 0.6) is 5.75 Å². The van der Waals surface area contributed by atoms with E-state index in [9.17, 15) is 4.79 Å². The lowest BCUT2D eigenvalue weighted by Gasteiger charge is -2.12. The molecule has 0 saturated carbocycles. The number of carbonyl (C=O) groups is 1. The maximum Gasteiger partial charge on any atom is 0.306 e. The fourth-order valence-corrected chi connectivity index (χ4v) is 2.67. The van der Waals surface area contributed by atoms with Crippen molar-refractivity contribution in [3.63, 3.8) is 0 Å². The van der Waals surface area contributed by atoms with Crippen molar-refractivity contribution in [1.82, 2.24) is 0 Å². The summed E-state index contributed by atoms with van der Waals surface area (Å²) in [6.07, 6.45) is 0.525. The van der Waals surface area contributed by atoms with Gasteiger partial charge in [0, 0.05) is 4.47 Å². The van der Waals surface area contributed by atoms with Crippen LogP contribution in [0.25, 0.3) is 5.57 Å². The van der Waals surface area contributed by atoms with Crippen LogP contribution in [-0.2, 0) is 11.2 Å². The van der Waals surface area contributed by atoms with Gasteiger partial charge in [0.1, 0.15) is 12.4 Å². The first-order valence-corrected chi connectivity index (χ1v) is 9.03. The number of hydrogen-bond acceptors (Lipinski definition) is 2. The summed E-state index contributed by atoms with van der Waals surface area (Å²) in [4.78, 5) is 10.9. The van der Waals surface area contributed by atoms with Gasteiger partial charge in [-0.1, -0.05) is 47.1 Å². The molecule has 0 aliphatic rings. The van der Waals surface area contributed by atoms with E-state index in [1.807, 2.05) is 36.4 Å². The predicted molar refractivity (Wildman–Crippen MR) is 105 cm³/mol. The lowest BCUT2D eigenvalue weighted by atomic mass is 10.0. The third-order valence-corrected chi connectivity index (χ3v) is 4.79. The molecular weight excluding hydrogens is 380 g/mol. The van der Waals surface area contributed by atoms with Crippen molar-refractivity contribution < 1.29 is 14.6 Å². The summed E-state index contributed by atoms with van der Waals surface area (Å²) < 4.78 is 6.92. The SMILES string of the molecule is C/C(COc1ccc(CC(C)C(=O)O)cc1)=C(/C)c1ccc(Br)cc1. The number of halogens is 1. The molecular formula is C21H23BrO3. The molecule has 0 fully saturated rings. The van der Waals surface area contributed by atoms with Gasteiger partial charge in [-0.25, -0.2) is 0 Å². The summed E-state index contributed by atoms with van der Waals surface area (Å²) in [5.41, 5.74) is 4.56. The van der Waals surface area contributed by atoms with Gasteiger partial charge >= 0.3 is 5.97 Å². The van der Waals surface area contributed by atoms with E-state index in [0.29, 0.717) is 13.0 Å². The first kappa shape index (κ1) is 19.3. The highest BCUT2D eigenvalue weighted by Gasteiger charge is 2.11. The van der Waals surface area contributed by atoms with Gasteiger partial charge in [-0.2, -0.15) is 0 Å². The zero-order valence-electron chi connectivity index (χ0n) is 14.8. The van der Waals surface area contributed by atoms with E-state index < -0.39 is 5.97 Å². The van der Waals surface area contributed by atoms with Crippen LogP contribution in [0.3, 0.4) is 0 Å². The molecule has 0 aliphatic carbocycles. The summed E-state index contributed by atoms with van der Waals surface area (Å²) in [6, 6.07) is 15.9. The van der Waals surface area contributed by atoms with Gasteiger partial charge in [0.05, 0.1) is 5.92 Å². The minimum Gasteiger partial charge on any atom is -0.489 e. The molecule has 2 aromatic carbocycles. The standard InChI is InChI=1S/C21H23BrO3/c1-14(21(23)24)12-17-4-10-20(11-5-17)25-13-15(2)16(3)18-6-8-19(22)9-7-18/h4-11,14H,12-13H2,1-3H3,(H,23,24)/b16-15+. The van der Waals surface area contributed by atoms with Gasteiger partial charge in [0.25, 0.3) is 0 Å². The van der Waals surface area contributed by atoms with Crippen molar-refractivity contribution in [3.05, 3.63) is 69.7 Å². The van der Waals surface area contributed by atoms with Gasteiger partial charge in [-0.3, -0.25) is 4.79 Å². The van der Waals surface area contributed by atoms with Crippen molar-refractivity contribution in [1.29, 1.82) is 0 Å². The molecule has 0 radical (unpaired) electrons. The second-order valence-corrected chi connectivity index (χ2v) is 7.20. The van der Waals surface area contributed by atoms with Gasteiger partial charge in [-0.15, -0.1) is 0 Å². The summed E-state index contributed by atoms with van der Waals surface area (Å²) in [7, 11) is 0. The summed E-state index contributed by atoms with van der Waals surface area (Å²) in [6.45, 7) is 6.40. The lowest BCUT2D eigenvalue weighted by molar-refractivity contribution is -0.141. The van der Waals surface area contributed by atoms with Crippen LogP contribution in [0, 0.1) is 5.92 Å². The number of aliphatic carboxylic acids is 1. The monoisotopic (exact) mass is 402 g/mol. The highest BCUT2D eigenvalue weighted by atomic mass is 79.9. The number of carboxylic acid groups (broad SMARTS) is 1. The number of benzene rings is 2. The molecule has 4 heteroatoms. The number of rotatable bonds is 7. The van der Waals surface area contributed by atoms with E-state index >= 15 is 0 Å². The van der Waals surface area contributed by atoms with Crippen LogP contribution in [0.2, 0.25) is 0 Å². The van der Waals surface area contributed by atoms with Crippen LogP contribution in [-0.4, -0.2) is 17.7 Å². The van der Waals surface area contributed by atoms with E-state index in [0.717, 1.165) is 15.8 Å². The van der Waals surface area contributed by atoms with Gasteiger partial charge in [0.15, 0.2) is 0 Å². The molecule has 1 unspecified atom stereocenters. The Hall–Kier alpha value is -2.07. The second kappa shape index (κ2) is 8.86. The summed E-state index contributed by atoms with van der Waals surface area (Å²) in [5.74, 6) is -0.371. The summed E-state index contributed by atoms with van der Waals surface area (Å²) >= 11 is 3.45. The number of carboxylic acids is 1. The Balaban J connectivity index is 1.97. The molecule has 1 atom stereocenters. The summed E-state index contributed by atoms with van der Waals surface area (Å²) in [5, 5.41) is 8.97. The van der Waals surface area contributed by atoms with Crippen molar-refractivity contribution >= 4 is 27.5 Å². The Labute approximate surface area is 157 Å². The highest BCUT2D eigenvalue weighted by molar-refractivity contribution is 9.10. The predicted octanol–water partition coefficient (Wildman–Crippen LogP) is 5.58. The normalized spacial score (nSPS) is 13.1. The molecule has 0 bridgehead atoms. The van der Waals surface area contributed by atoms with Crippen molar-refractivity contribution in [2.75, 3.05) is 6.61 Å². The Kier molecular flexibility index (Phi) is 6.82. The smallest absolute Gasteiger partial charge is 0.306 e. The van der Waals surface area contributed by atoms with E-state index in [2.05, 4.69) is 41.9 Å². The van der Waals surface area contributed by atoms with Gasteiger partial charge < -0.3 is 9.84 Å². The Morgan fingerprint density at radius 2 is 1.68 bits per heavy atom. The van der Waals surface area contributed by atoms with E-state index in [1.54, 1.807) is 6.92 Å². The van der Waals surface area contributed by atoms with Crippen LogP contribution >= 0.6 is 15.9 Å². The molecule has 3 nitrogen and oxygen atoms in total. The van der Waals surface area contributed by atoms with Crippen LogP contribution in [0.1, 0.15) is 31.9 Å². The average molecular weight is 403 g/mol.